The number of pyridine rings is 1. The van der Waals surface area contributed by atoms with Crippen molar-refractivity contribution >= 4 is 11.9 Å². The zero-order chi connectivity index (χ0) is 15.7. The lowest BCUT2D eigenvalue weighted by Gasteiger charge is -2.17. The van der Waals surface area contributed by atoms with Gasteiger partial charge in [-0.3, -0.25) is 4.79 Å². The van der Waals surface area contributed by atoms with Crippen LogP contribution in [0.25, 0.3) is 6.08 Å². The number of carbonyl (C=O) groups is 1. The number of hydrogen-bond donors (Lipinski definition) is 0. The highest BCUT2D eigenvalue weighted by atomic mass is 35.7. The normalized spacial score (nSPS) is 10.9. The molecule has 2 aromatic rings. The number of rotatable bonds is 3. The lowest BCUT2D eigenvalue weighted by atomic mass is 10.1. The van der Waals surface area contributed by atoms with Crippen LogP contribution in [-0.4, -0.2) is 5.78 Å². The lowest BCUT2D eigenvalue weighted by molar-refractivity contribution is -2.00. The molecule has 110 valence electrons. The molecule has 1 aromatic heterocycles. The first-order valence-corrected chi connectivity index (χ1v) is 6.95. The van der Waals surface area contributed by atoms with Gasteiger partial charge in [-0.05, 0) is 11.6 Å². The molecule has 0 atom stereocenters. The van der Waals surface area contributed by atoms with E-state index in [9.17, 15) is 4.79 Å². The molecule has 0 aliphatic rings. The summed E-state index contributed by atoms with van der Waals surface area (Å²) in [6, 6.07) is 13.3. The van der Waals surface area contributed by atoms with E-state index in [-0.39, 0.29) is 5.78 Å². The van der Waals surface area contributed by atoms with Gasteiger partial charge in [0.1, 0.15) is 0 Å². The Kier molecular flexibility index (Phi) is 6.67. The molecular formula is C14H12ClNO5. The van der Waals surface area contributed by atoms with Gasteiger partial charge in [-0.1, -0.05) is 36.4 Å². The van der Waals surface area contributed by atoms with Gasteiger partial charge < -0.3 is 0 Å². The Hall–Kier alpha value is -2.09. The van der Waals surface area contributed by atoms with E-state index >= 15 is 0 Å². The van der Waals surface area contributed by atoms with Crippen LogP contribution in [0.3, 0.4) is 0 Å². The van der Waals surface area contributed by atoms with Crippen molar-refractivity contribution in [2.24, 2.45) is 0 Å². The second kappa shape index (κ2) is 8.25. The number of aromatic nitrogens is 1. The van der Waals surface area contributed by atoms with Crippen molar-refractivity contribution in [3.8, 4) is 0 Å². The average Bonchev–Trinajstić information content (AvgIpc) is 2.45. The number of aromatic amines is 1. The summed E-state index contributed by atoms with van der Waals surface area (Å²) >= 11 is 0. The predicted molar refractivity (Wildman–Crippen MR) is 62.8 cm³/mol. The van der Waals surface area contributed by atoms with E-state index < -0.39 is 10.2 Å². The van der Waals surface area contributed by atoms with Crippen molar-refractivity contribution in [2.45, 2.75) is 0 Å². The quantitative estimate of drug-likeness (QED) is 0.463. The summed E-state index contributed by atoms with van der Waals surface area (Å²) in [5.41, 5.74) is 1.71. The Morgan fingerprint density at radius 1 is 0.952 bits per heavy atom. The van der Waals surface area contributed by atoms with E-state index in [0.717, 1.165) is 5.56 Å². The molecular weight excluding hydrogens is 298 g/mol. The average molecular weight is 310 g/mol. The van der Waals surface area contributed by atoms with Gasteiger partial charge in [-0.2, -0.15) is 0 Å². The van der Waals surface area contributed by atoms with Crippen molar-refractivity contribution in [1.29, 1.82) is 0 Å². The summed E-state index contributed by atoms with van der Waals surface area (Å²) in [4.78, 5) is 14.6. The van der Waals surface area contributed by atoms with Crippen LogP contribution >= 0.6 is 0 Å². The smallest absolute Gasteiger partial charge is 0.186 e. The first kappa shape index (κ1) is 17.0. The van der Waals surface area contributed by atoms with Crippen LogP contribution in [-0.2, 0) is 0 Å². The third-order valence-corrected chi connectivity index (χ3v) is 2.23. The van der Waals surface area contributed by atoms with E-state index in [1.54, 1.807) is 30.6 Å². The molecule has 0 saturated carbocycles. The van der Waals surface area contributed by atoms with Gasteiger partial charge in [0.25, 0.3) is 0 Å². The maximum absolute atomic E-state index is 11.7. The standard InChI is InChI=1S/C14H11NO.ClHO4/c16-14(13-8-10-15-11-9-13)7-6-12-4-2-1-3-5-12;2-1(3,4)5/h1-11H;(H,2,3,4,5)/b7-6+;. The first-order valence-electron chi connectivity index (χ1n) is 5.71. The second-order valence-corrected chi connectivity index (χ2v) is 4.53. The number of nitrogens with one attached hydrogen (secondary N) is 1. The molecule has 1 heterocycles. The van der Waals surface area contributed by atoms with Crippen LogP contribution in [0.4, 0.5) is 0 Å². The van der Waals surface area contributed by atoms with Crippen molar-refractivity contribution in [3.63, 3.8) is 0 Å². The van der Waals surface area contributed by atoms with Crippen molar-refractivity contribution in [1.82, 2.24) is 0 Å². The number of carbonyl (C=O) groups excluding carboxylic acids is 1. The number of H-pyrrole nitrogens is 1. The highest BCUT2D eigenvalue weighted by Crippen LogP contribution is 2.04. The third-order valence-electron chi connectivity index (χ3n) is 2.23. The Labute approximate surface area is 123 Å². The van der Waals surface area contributed by atoms with Crippen LogP contribution in [0.5, 0.6) is 0 Å². The third kappa shape index (κ3) is 8.64. The summed E-state index contributed by atoms with van der Waals surface area (Å²) in [5.74, 6) is 0.0119. The van der Waals surface area contributed by atoms with E-state index in [4.69, 9.17) is 18.6 Å². The van der Waals surface area contributed by atoms with Crippen LogP contribution < -0.4 is 23.6 Å². The molecule has 2 rings (SSSR count). The van der Waals surface area contributed by atoms with Gasteiger partial charge in [0.05, 0.1) is 0 Å². The van der Waals surface area contributed by atoms with Gasteiger partial charge in [-0.25, -0.2) is 23.6 Å². The molecule has 1 N–H and O–H groups in total. The molecule has 0 saturated heterocycles. The zero-order valence-electron chi connectivity index (χ0n) is 10.8. The zero-order valence-corrected chi connectivity index (χ0v) is 11.5. The van der Waals surface area contributed by atoms with E-state index in [1.807, 2.05) is 36.4 Å². The summed E-state index contributed by atoms with van der Waals surface area (Å²) in [6.07, 6.45) is 6.89. The minimum absolute atomic E-state index is 0.0119. The first-order chi connectivity index (χ1) is 9.86. The number of hydrogen-bond acceptors (Lipinski definition) is 5. The summed E-state index contributed by atoms with van der Waals surface area (Å²) in [5, 5.41) is 0. The number of halogens is 1. The van der Waals surface area contributed by atoms with Gasteiger partial charge in [0, 0.05) is 17.7 Å². The minimum Gasteiger partial charge on any atom is -0.289 e. The van der Waals surface area contributed by atoms with Gasteiger partial charge in [0.15, 0.2) is 18.2 Å². The Morgan fingerprint density at radius 3 is 2.00 bits per heavy atom. The fourth-order valence-corrected chi connectivity index (χ4v) is 1.38. The largest absolute Gasteiger partial charge is 0.289 e. The van der Waals surface area contributed by atoms with E-state index in [1.165, 1.54) is 0 Å². The molecule has 0 radical (unpaired) electrons. The van der Waals surface area contributed by atoms with Crippen LogP contribution in [0.2, 0.25) is 0 Å². The number of ketones is 1. The maximum Gasteiger partial charge on any atom is 0.186 e. The number of allylic oxidation sites excluding steroid dienone is 1. The molecule has 0 amide bonds. The van der Waals surface area contributed by atoms with Crippen LogP contribution in [0, 0.1) is 10.2 Å². The van der Waals surface area contributed by atoms with Crippen molar-refractivity contribution in [3.05, 3.63) is 72.1 Å². The Morgan fingerprint density at radius 2 is 1.48 bits per heavy atom. The van der Waals surface area contributed by atoms with Gasteiger partial charge in [-0.15, -0.1) is 10.2 Å². The fourth-order valence-electron chi connectivity index (χ4n) is 1.38. The predicted octanol–water partition coefficient (Wildman–Crippen LogP) is -2.36. The Balaban J connectivity index is 0.000000383. The topological polar surface area (TPSA) is 123 Å². The maximum atomic E-state index is 11.7. The molecule has 7 heteroatoms. The Bertz CT molecular complexity index is 575. The molecule has 0 unspecified atom stereocenters. The molecule has 6 nitrogen and oxygen atoms in total. The molecule has 0 aliphatic carbocycles. The van der Waals surface area contributed by atoms with Crippen molar-refractivity contribution < 1.29 is 38.7 Å². The summed E-state index contributed by atoms with van der Waals surface area (Å²) < 4.78 is 34.0. The summed E-state index contributed by atoms with van der Waals surface area (Å²) in [7, 11) is -4.94. The van der Waals surface area contributed by atoms with E-state index in [0.29, 0.717) is 5.56 Å². The monoisotopic (exact) mass is 309 g/mol. The second-order valence-electron chi connectivity index (χ2n) is 3.77. The fraction of sp³-hybridized carbons (Fsp3) is 0. The SMILES string of the molecule is O=C(/C=C/c1ccccc1)c1cc[nH+]cc1.[O-][Cl+3]([O-])([O-])[O-]. The minimum atomic E-state index is -4.94. The van der Waals surface area contributed by atoms with E-state index in [2.05, 4.69) is 4.98 Å². The van der Waals surface area contributed by atoms with Crippen LogP contribution in [0.1, 0.15) is 15.9 Å². The number of benzene rings is 1. The molecule has 0 aliphatic heterocycles. The molecule has 0 fully saturated rings. The van der Waals surface area contributed by atoms with Gasteiger partial charge >= 0.3 is 0 Å². The molecule has 0 bridgehead atoms. The molecule has 0 spiro atoms. The lowest BCUT2D eigenvalue weighted by Crippen LogP contribution is -2.68. The molecule has 1 aromatic carbocycles. The highest BCUT2D eigenvalue weighted by Gasteiger charge is 2.00. The van der Waals surface area contributed by atoms with Crippen molar-refractivity contribution in [2.75, 3.05) is 0 Å². The van der Waals surface area contributed by atoms with Gasteiger partial charge in [0.2, 0.25) is 0 Å². The highest BCUT2D eigenvalue weighted by molar-refractivity contribution is 6.06. The summed E-state index contributed by atoms with van der Waals surface area (Å²) in [6.45, 7) is 0. The molecule has 21 heavy (non-hydrogen) atoms. The van der Waals surface area contributed by atoms with Crippen LogP contribution in [0.15, 0.2) is 60.9 Å².